The van der Waals surface area contributed by atoms with Crippen LogP contribution >= 0.6 is 12.4 Å². The maximum Gasteiger partial charge on any atom is 0.221 e. The van der Waals surface area contributed by atoms with Gasteiger partial charge in [-0.1, -0.05) is 0 Å². The van der Waals surface area contributed by atoms with Crippen molar-refractivity contribution >= 4 is 18.3 Å². The Hall–Kier alpha value is -0.320. The van der Waals surface area contributed by atoms with Gasteiger partial charge in [-0.2, -0.15) is 0 Å². The summed E-state index contributed by atoms with van der Waals surface area (Å²) in [5.41, 5.74) is 5.27. The van der Waals surface area contributed by atoms with Crippen LogP contribution in [0.15, 0.2) is 0 Å². The lowest BCUT2D eigenvalue weighted by molar-refractivity contribution is -0.121. The van der Waals surface area contributed by atoms with E-state index in [4.69, 9.17) is 5.73 Å². The molecule has 0 aromatic heterocycles. The summed E-state index contributed by atoms with van der Waals surface area (Å²) in [6.07, 6.45) is 0.462. The average Bonchev–Trinajstić information content (AvgIpc) is 2.51. The highest BCUT2D eigenvalue weighted by atomic mass is 35.5. The third-order valence-electron chi connectivity index (χ3n) is 2.79. The number of piperidine rings is 1. The van der Waals surface area contributed by atoms with Gasteiger partial charge < -0.3 is 16.4 Å². The van der Waals surface area contributed by atoms with Gasteiger partial charge in [0.15, 0.2) is 0 Å². The van der Waals surface area contributed by atoms with Crippen molar-refractivity contribution in [2.75, 3.05) is 19.6 Å². The lowest BCUT2D eigenvalue weighted by Crippen LogP contribution is -2.33. The lowest BCUT2D eigenvalue weighted by atomic mass is 10.3. The van der Waals surface area contributed by atoms with E-state index in [-0.39, 0.29) is 18.3 Å². The molecule has 1 heterocycles. The Labute approximate surface area is 84.0 Å². The average molecular weight is 206 g/mol. The first-order valence-electron chi connectivity index (χ1n) is 4.53. The molecule has 1 saturated carbocycles. The fraction of sp³-hybridized carbons (Fsp3) is 0.875. The van der Waals surface area contributed by atoms with E-state index in [1.54, 1.807) is 0 Å². The molecule has 0 aromatic rings. The highest BCUT2D eigenvalue weighted by Gasteiger charge is 2.53. The SMILES string of the molecule is Cl.NCCC(=O)NC1[C@H]2CNC[C@@H]12. The Bertz CT molecular complexity index is 190. The minimum atomic E-state index is 0. The largest absolute Gasteiger partial charge is 0.353 e. The molecule has 13 heavy (non-hydrogen) atoms. The number of hydrogen-bond acceptors (Lipinski definition) is 3. The summed E-state index contributed by atoms with van der Waals surface area (Å²) in [6.45, 7) is 2.59. The molecule has 0 bridgehead atoms. The number of fused-ring (bicyclic) bond motifs is 1. The molecule has 4 nitrogen and oxygen atoms in total. The van der Waals surface area contributed by atoms with Gasteiger partial charge >= 0.3 is 0 Å². The molecule has 76 valence electrons. The number of nitrogens with two attached hydrogens (primary N) is 1. The highest BCUT2D eigenvalue weighted by Crippen LogP contribution is 2.41. The van der Waals surface area contributed by atoms with E-state index in [0.29, 0.717) is 30.8 Å². The van der Waals surface area contributed by atoms with Crippen molar-refractivity contribution in [1.29, 1.82) is 0 Å². The maximum absolute atomic E-state index is 11.1. The molecule has 0 radical (unpaired) electrons. The number of hydrogen-bond donors (Lipinski definition) is 3. The summed E-state index contributed by atoms with van der Waals surface area (Å²) in [5, 5.41) is 6.28. The van der Waals surface area contributed by atoms with Crippen LogP contribution in [0.5, 0.6) is 0 Å². The minimum absolute atomic E-state index is 0. The molecule has 0 spiro atoms. The number of halogens is 1. The van der Waals surface area contributed by atoms with Gasteiger partial charge in [0.05, 0.1) is 0 Å². The summed E-state index contributed by atoms with van der Waals surface area (Å²) < 4.78 is 0. The van der Waals surface area contributed by atoms with Crippen LogP contribution in [0.4, 0.5) is 0 Å². The Balaban J connectivity index is 0.000000845. The predicted molar refractivity (Wildman–Crippen MR) is 52.7 cm³/mol. The van der Waals surface area contributed by atoms with Crippen molar-refractivity contribution < 1.29 is 4.79 Å². The quantitative estimate of drug-likeness (QED) is 0.559. The first-order valence-corrected chi connectivity index (χ1v) is 4.53. The Morgan fingerprint density at radius 3 is 2.62 bits per heavy atom. The zero-order valence-corrected chi connectivity index (χ0v) is 8.27. The fourth-order valence-electron chi connectivity index (χ4n) is 2.02. The molecule has 3 atom stereocenters. The van der Waals surface area contributed by atoms with E-state index in [1.807, 2.05) is 0 Å². The van der Waals surface area contributed by atoms with Crippen LogP contribution in [0.25, 0.3) is 0 Å². The second kappa shape index (κ2) is 4.26. The Morgan fingerprint density at radius 1 is 1.46 bits per heavy atom. The zero-order chi connectivity index (χ0) is 8.55. The molecule has 1 unspecified atom stereocenters. The van der Waals surface area contributed by atoms with Crippen LogP contribution in [0.2, 0.25) is 0 Å². The molecule has 1 amide bonds. The van der Waals surface area contributed by atoms with Crippen LogP contribution in [-0.2, 0) is 4.79 Å². The predicted octanol–water partition coefficient (Wildman–Crippen LogP) is -0.909. The molecule has 1 aliphatic carbocycles. The van der Waals surface area contributed by atoms with Gasteiger partial charge in [0, 0.05) is 32.1 Å². The van der Waals surface area contributed by atoms with Crippen molar-refractivity contribution in [2.45, 2.75) is 12.5 Å². The maximum atomic E-state index is 11.1. The molecule has 4 N–H and O–H groups in total. The molecule has 2 fully saturated rings. The molecule has 0 aromatic carbocycles. The van der Waals surface area contributed by atoms with Crippen LogP contribution in [0, 0.1) is 11.8 Å². The fourth-order valence-corrected chi connectivity index (χ4v) is 2.02. The number of nitrogens with one attached hydrogen (secondary N) is 2. The van der Waals surface area contributed by atoms with Gasteiger partial charge in [0.25, 0.3) is 0 Å². The molecule has 5 heteroatoms. The van der Waals surface area contributed by atoms with Crippen LogP contribution in [0.3, 0.4) is 0 Å². The standard InChI is InChI=1S/C8H15N3O.ClH/c9-2-1-7(12)11-8-5-3-10-4-6(5)8;/h5-6,8,10H,1-4,9H2,(H,11,12);1H/t5-,6+,8?;. The summed E-state index contributed by atoms with van der Waals surface area (Å²) >= 11 is 0. The monoisotopic (exact) mass is 205 g/mol. The van der Waals surface area contributed by atoms with Gasteiger partial charge in [0.1, 0.15) is 0 Å². The number of carbonyl (C=O) groups is 1. The third-order valence-corrected chi connectivity index (χ3v) is 2.79. The van der Waals surface area contributed by atoms with Gasteiger partial charge in [0.2, 0.25) is 5.91 Å². The topological polar surface area (TPSA) is 67.2 Å². The first kappa shape index (κ1) is 10.8. The van der Waals surface area contributed by atoms with E-state index in [0.717, 1.165) is 13.1 Å². The van der Waals surface area contributed by atoms with Gasteiger partial charge in [-0.05, 0) is 11.8 Å². The van der Waals surface area contributed by atoms with E-state index < -0.39 is 0 Å². The molecule has 2 aliphatic rings. The van der Waals surface area contributed by atoms with Crippen molar-refractivity contribution in [2.24, 2.45) is 17.6 Å². The number of carbonyl (C=O) groups excluding carboxylic acids is 1. The summed E-state index contributed by atoms with van der Waals surface area (Å²) in [6, 6.07) is 0.449. The van der Waals surface area contributed by atoms with Crippen LogP contribution in [0.1, 0.15) is 6.42 Å². The van der Waals surface area contributed by atoms with Gasteiger partial charge in [-0.15, -0.1) is 12.4 Å². The summed E-state index contributed by atoms with van der Waals surface area (Å²) in [7, 11) is 0. The smallest absolute Gasteiger partial charge is 0.221 e. The summed E-state index contributed by atoms with van der Waals surface area (Å²) in [5.74, 6) is 1.51. The van der Waals surface area contributed by atoms with E-state index in [2.05, 4.69) is 10.6 Å². The third kappa shape index (κ3) is 2.13. The van der Waals surface area contributed by atoms with Crippen molar-refractivity contribution in [3.05, 3.63) is 0 Å². The zero-order valence-electron chi connectivity index (χ0n) is 7.45. The Morgan fingerprint density at radius 2 is 2.08 bits per heavy atom. The van der Waals surface area contributed by atoms with Crippen molar-refractivity contribution in [3.8, 4) is 0 Å². The molecule has 1 aliphatic heterocycles. The van der Waals surface area contributed by atoms with E-state index >= 15 is 0 Å². The lowest BCUT2D eigenvalue weighted by Gasteiger charge is -2.06. The van der Waals surface area contributed by atoms with Crippen LogP contribution in [-0.4, -0.2) is 31.6 Å². The second-order valence-electron chi connectivity index (χ2n) is 3.62. The molecule has 1 saturated heterocycles. The highest BCUT2D eigenvalue weighted by molar-refractivity contribution is 5.85. The van der Waals surface area contributed by atoms with Crippen LogP contribution < -0.4 is 16.4 Å². The van der Waals surface area contributed by atoms with Gasteiger partial charge in [-0.3, -0.25) is 4.79 Å². The van der Waals surface area contributed by atoms with E-state index in [9.17, 15) is 4.79 Å². The summed E-state index contributed by atoms with van der Waals surface area (Å²) in [4.78, 5) is 11.1. The molecule has 2 rings (SSSR count). The molecular weight excluding hydrogens is 190 g/mol. The minimum Gasteiger partial charge on any atom is -0.353 e. The Kier molecular flexibility index (Phi) is 3.53. The molecular formula is C8H16ClN3O. The first-order chi connectivity index (χ1) is 5.83. The normalized spacial score (nSPS) is 34.7. The van der Waals surface area contributed by atoms with Crippen molar-refractivity contribution in [1.82, 2.24) is 10.6 Å². The second-order valence-corrected chi connectivity index (χ2v) is 3.62. The van der Waals surface area contributed by atoms with E-state index in [1.165, 1.54) is 0 Å². The number of rotatable bonds is 3. The number of amides is 1. The van der Waals surface area contributed by atoms with Gasteiger partial charge in [-0.25, -0.2) is 0 Å². The van der Waals surface area contributed by atoms with Crippen molar-refractivity contribution in [3.63, 3.8) is 0 Å².